The van der Waals surface area contributed by atoms with Gasteiger partial charge in [-0.3, -0.25) is 0 Å². The van der Waals surface area contributed by atoms with Crippen LogP contribution in [-0.4, -0.2) is 23.4 Å². The van der Waals surface area contributed by atoms with Crippen LogP contribution in [0.5, 0.6) is 0 Å². The Kier molecular flexibility index (Phi) is 3.54. The Morgan fingerprint density at radius 3 is 2.50 bits per heavy atom. The van der Waals surface area contributed by atoms with E-state index in [4.69, 9.17) is 15.0 Å². The molecule has 1 atom stereocenters. The van der Waals surface area contributed by atoms with Crippen molar-refractivity contribution in [2.45, 2.75) is 31.2 Å². The highest BCUT2D eigenvalue weighted by Crippen LogP contribution is 2.39. The van der Waals surface area contributed by atoms with Gasteiger partial charge in [0.1, 0.15) is 0 Å². The molecule has 0 bridgehead atoms. The Bertz CT molecular complexity index is 560. The molecule has 1 aromatic carbocycles. The lowest BCUT2D eigenvalue weighted by Crippen LogP contribution is -2.36. The van der Waals surface area contributed by atoms with E-state index < -0.39 is 0 Å². The second kappa shape index (κ2) is 5.34. The van der Waals surface area contributed by atoms with Crippen molar-refractivity contribution in [1.29, 1.82) is 0 Å². The van der Waals surface area contributed by atoms with Crippen molar-refractivity contribution in [2.75, 3.05) is 13.2 Å². The van der Waals surface area contributed by atoms with Crippen LogP contribution >= 0.6 is 0 Å². The van der Waals surface area contributed by atoms with Crippen molar-refractivity contribution in [2.24, 2.45) is 5.73 Å². The normalized spacial score (nSPS) is 19.7. The predicted octanol–water partition coefficient (Wildman–Crippen LogP) is 2.19. The number of nitrogens with zero attached hydrogens (tertiary/aromatic N) is 2. The van der Waals surface area contributed by atoms with Crippen LogP contribution in [0.4, 0.5) is 0 Å². The molecule has 5 nitrogen and oxygen atoms in total. The van der Waals surface area contributed by atoms with Gasteiger partial charge >= 0.3 is 0 Å². The Morgan fingerprint density at radius 1 is 1.20 bits per heavy atom. The Labute approximate surface area is 118 Å². The van der Waals surface area contributed by atoms with Gasteiger partial charge in [-0.25, -0.2) is 0 Å². The fourth-order valence-corrected chi connectivity index (χ4v) is 2.73. The maximum Gasteiger partial charge on any atom is 0.243 e. The van der Waals surface area contributed by atoms with Crippen molar-refractivity contribution < 1.29 is 9.26 Å². The van der Waals surface area contributed by atoms with Gasteiger partial charge in [-0.2, -0.15) is 4.98 Å². The second-order valence-corrected chi connectivity index (χ2v) is 5.31. The van der Waals surface area contributed by atoms with E-state index in [1.54, 1.807) is 0 Å². The van der Waals surface area contributed by atoms with Crippen LogP contribution in [0.2, 0.25) is 0 Å². The number of hydrogen-bond acceptors (Lipinski definition) is 5. The van der Waals surface area contributed by atoms with Crippen molar-refractivity contribution in [1.82, 2.24) is 10.1 Å². The van der Waals surface area contributed by atoms with Crippen LogP contribution in [0.15, 0.2) is 34.9 Å². The van der Waals surface area contributed by atoms with E-state index in [-0.39, 0.29) is 11.5 Å². The second-order valence-electron chi connectivity index (χ2n) is 5.31. The first-order valence-electron chi connectivity index (χ1n) is 6.95. The predicted molar refractivity (Wildman–Crippen MR) is 74.2 cm³/mol. The first-order chi connectivity index (χ1) is 9.72. The van der Waals surface area contributed by atoms with Gasteiger partial charge in [0.2, 0.25) is 5.89 Å². The molecule has 0 aliphatic carbocycles. The van der Waals surface area contributed by atoms with Crippen molar-refractivity contribution in [3.8, 4) is 0 Å². The van der Waals surface area contributed by atoms with Gasteiger partial charge in [-0.1, -0.05) is 35.5 Å². The lowest BCUT2D eigenvalue weighted by Gasteiger charge is -2.34. The first kappa shape index (κ1) is 13.3. The van der Waals surface area contributed by atoms with Gasteiger partial charge in [0.15, 0.2) is 5.82 Å². The lowest BCUT2D eigenvalue weighted by molar-refractivity contribution is 0.0597. The monoisotopic (exact) mass is 273 g/mol. The molecule has 0 amide bonds. The summed E-state index contributed by atoms with van der Waals surface area (Å²) < 4.78 is 10.8. The number of rotatable bonds is 3. The highest BCUT2D eigenvalue weighted by Gasteiger charge is 2.40. The van der Waals surface area contributed by atoms with Gasteiger partial charge in [0, 0.05) is 13.2 Å². The average molecular weight is 273 g/mol. The Hall–Kier alpha value is -1.72. The smallest absolute Gasteiger partial charge is 0.243 e. The first-order valence-corrected chi connectivity index (χ1v) is 6.95. The molecule has 0 radical (unpaired) electrons. The number of hydrogen-bond donors (Lipinski definition) is 1. The van der Waals surface area contributed by atoms with Gasteiger partial charge in [-0.05, 0) is 25.3 Å². The molecule has 1 aromatic heterocycles. The molecule has 1 unspecified atom stereocenters. The van der Waals surface area contributed by atoms with E-state index in [2.05, 4.69) is 22.3 Å². The van der Waals surface area contributed by atoms with Crippen LogP contribution in [0.3, 0.4) is 0 Å². The topological polar surface area (TPSA) is 74.2 Å². The molecule has 106 valence electrons. The Morgan fingerprint density at radius 2 is 1.90 bits per heavy atom. The summed E-state index contributed by atoms with van der Waals surface area (Å²) in [4.78, 5) is 4.52. The molecule has 0 spiro atoms. The summed E-state index contributed by atoms with van der Waals surface area (Å²) in [7, 11) is 0. The molecule has 2 aromatic rings. The average Bonchev–Trinajstić information content (AvgIpc) is 2.99. The van der Waals surface area contributed by atoms with Crippen molar-refractivity contribution >= 4 is 0 Å². The number of nitrogens with two attached hydrogens (primary N) is 1. The molecule has 1 saturated heterocycles. The Balaban J connectivity index is 2.05. The molecule has 2 heterocycles. The maximum absolute atomic E-state index is 5.82. The molecule has 3 rings (SSSR count). The minimum atomic E-state index is -0.246. The number of benzene rings is 1. The molecule has 0 saturated carbocycles. The molecular weight excluding hydrogens is 254 g/mol. The van der Waals surface area contributed by atoms with Gasteiger partial charge in [0.05, 0.1) is 11.5 Å². The fourth-order valence-electron chi connectivity index (χ4n) is 2.73. The van der Waals surface area contributed by atoms with Crippen LogP contribution < -0.4 is 5.73 Å². The number of ether oxygens (including phenoxy) is 1. The van der Waals surface area contributed by atoms with E-state index in [9.17, 15) is 0 Å². The minimum Gasteiger partial charge on any atom is -0.381 e. The molecule has 1 aliphatic rings. The zero-order chi connectivity index (χ0) is 14.0. The molecule has 1 fully saturated rings. The summed E-state index contributed by atoms with van der Waals surface area (Å²) in [5.74, 6) is 1.21. The van der Waals surface area contributed by atoms with E-state index in [1.807, 2.05) is 25.1 Å². The summed E-state index contributed by atoms with van der Waals surface area (Å²) in [6.45, 7) is 3.25. The molecule has 20 heavy (non-hydrogen) atoms. The van der Waals surface area contributed by atoms with Gasteiger partial charge < -0.3 is 15.0 Å². The standard InChI is InChI=1S/C15H19N3O2/c1-11(16)13-17-14(18-20-13)15(7-9-19-10-8-15)12-5-3-2-4-6-12/h2-6,11H,7-10,16H2,1H3. The zero-order valence-electron chi connectivity index (χ0n) is 11.6. The van der Waals surface area contributed by atoms with Crippen molar-refractivity contribution in [3.63, 3.8) is 0 Å². The van der Waals surface area contributed by atoms with Crippen LogP contribution in [0.1, 0.15) is 43.1 Å². The molecule has 2 N–H and O–H groups in total. The fraction of sp³-hybridized carbons (Fsp3) is 0.467. The molecule has 1 aliphatic heterocycles. The summed E-state index contributed by atoms with van der Waals surface area (Å²) >= 11 is 0. The SMILES string of the molecule is CC(N)c1nc(C2(c3ccccc3)CCOCC2)no1. The summed E-state index contributed by atoms with van der Waals surface area (Å²) in [5, 5.41) is 4.19. The third kappa shape index (κ3) is 2.23. The summed E-state index contributed by atoms with van der Waals surface area (Å²) in [6, 6.07) is 10.1. The van der Waals surface area contributed by atoms with Crippen LogP contribution in [-0.2, 0) is 10.2 Å². The molecular formula is C15H19N3O2. The third-order valence-corrected chi connectivity index (χ3v) is 3.93. The van der Waals surface area contributed by atoms with Crippen molar-refractivity contribution in [3.05, 3.63) is 47.6 Å². The highest BCUT2D eigenvalue weighted by atomic mass is 16.5. The van der Waals surface area contributed by atoms with Crippen LogP contribution in [0, 0.1) is 0 Å². The maximum atomic E-state index is 5.82. The quantitative estimate of drug-likeness (QED) is 0.927. The lowest BCUT2D eigenvalue weighted by atomic mass is 9.73. The molecule has 5 heteroatoms. The largest absolute Gasteiger partial charge is 0.381 e. The van der Waals surface area contributed by atoms with E-state index in [1.165, 1.54) is 5.56 Å². The van der Waals surface area contributed by atoms with E-state index in [0.717, 1.165) is 18.7 Å². The van der Waals surface area contributed by atoms with E-state index >= 15 is 0 Å². The summed E-state index contributed by atoms with van der Waals surface area (Å²) in [5.41, 5.74) is 6.80. The zero-order valence-corrected chi connectivity index (χ0v) is 11.6. The summed E-state index contributed by atoms with van der Waals surface area (Å²) in [6.07, 6.45) is 1.71. The number of aromatic nitrogens is 2. The van der Waals surface area contributed by atoms with Gasteiger partial charge in [-0.15, -0.1) is 0 Å². The van der Waals surface area contributed by atoms with Crippen LogP contribution in [0.25, 0.3) is 0 Å². The minimum absolute atomic E-state index is 0.226. The van der Waals surface area contributed by atoms with E-state index in [0.29, 0.717) is 19.1 Å². The highest BCUT2D eigenvalue weighted by molar-refractivity contribution is 5.33. The third-order valence-electron chi connectivity index (χ3n) is 3.93. The van der Waals surface area contributed by atoms with Gasteiger partial charge in [0.25, 0.3) is 0 Å².